The normalized spacial score (nSPS) is 14.9. The molecule has 26 heavy (non-hydrogen) atoms. The highest BCUT2D eigenvalue weighted by atomic mass is 32.1. The average Bonchev–Trinajstić information content (AvgIpc) is 2.91. The number of aromatic nitrogens is 1. The number of benzene rings is 1. The Morgan fingerprint density at radius 2 is 1.81 bits per heavy atom. The summed E-state index contributed by atoms with van der Waals surface area (Å²) in [5.74, 6) is 1.93. The molecule has 0 fully saturated rings. The number of hydrogen-bond acceptors (Lipinski definition) is 7. The molecule has 2 N–H and O–H groups in total. The number of rotatable bonds is 6. The predicted octanol–water partition coefficient (Wildman–Crippen LogP) is 2.87. The fourth-order valence-electron chi connectivity index (χ4n) is 3.15. The summed E-state index contributed by atoms with van der Waals surface area (Å²) in [7, 11) is 4.86. The van der Waals surface area contributed by atoms with Crippen LogP contribution in [0.3, 0.4) is 0 Å². The van der Waals surface area contributed by atoms with E-state index < -0.39 is 0 Å². The van der Waals surface area contributed by atoms with Gasteiger partial charge in [-0.25, -0.2) is 4.98 Å². The first kappa shape index (κ1) is 18.5. The molecule has 0 atom stereocenters. The van der Waals surface area contributed by atoms with Gasteiger partial charge < -0.3 is 19.9 Å². The van der Waals surface area contributed by atoms with Crippen molar-refractivity contribution in [3.63, 3.8) is 0 Å². The van der Waals surface area contributed by atoms with Gasteiger partial charge in [0.15, 0.2) is 16.6 Å². The van der Waals surface area contributed by atoms with Crippen molar-refractivity contribution in [3.05, 3.63) is 34.3 Å². The van der Waals surface area contributed by atoms with Crippen LogP contribution in [-0.4, -0.2) is 50.8 Å². The second kappa shape index (κ2) is 8.42. The molecule has 1 aromatic heterocycles. The van der Waals surface area contributed by atoms with Crippen molar-refractivity contribution in [3.8, 4) is 17.2 Å². The lowest BCUT2D eigenvalue weighted by atomic mass is 10.1. The molecular formula is C19H25N3O3S. The molecule has 0 bridgehead atoms. The van der Waals surface area contributed by atoms with Crippen LogP contribution < -0.4 is 19.9 Å². The van der Waals surface area contributed by atoms with E-state index in [1.165, 1.54) is 10.6 Å². The lowest BCUT2D eigenvalue weighted by molar-refractivity contribution is 0.318. The Bertz CT molecular complexity index is 738. The molecule has 1 aliphatic rings. The van der Waals surface area contributed by atoms with Gasteiger partial charge in [-0.15, -0.1) is 11.3 Å². The summed E-state index contributed by atoms with van der Waals surface area (Å²) in [6.45, 7) is 2.91. The van der Waals surface area contributed by atoms with Gasteiger partial charge in [-0.3, -0.25) is 4.90 Å². The van der Waals surface area contributed by atoms with Crippen LogP contribution >= 0.6 is 11.3 Å². The summed E-state index contributed by atoms with van der Waals surface area (Å²) in [5, 5.41) is 0.686. The number of ether oxygens (including phenoxy) is 3. The molecule has 0 spiro atoms. The molecular weight excluding hydrogens is 350 g/mol. The molecule has 2 heterocycles. The number of nitrogen functional groups attached to an aromatic ring is 1. The minimum atomic E-state index is 0.609. The maximum atomic E-state index is 5.81. The minimum Gasteiger partial charge on any atom is -0.493 e. The standard InChI is InChI=1S/C19H25N3O3S/c1-23-15-11-13(12-16(24-2)18(15)25-3)5-4-8-22-9-6-14-17(7-10-22)26-19(20)21-14/h4-5,11-12H,6-10H2,1-3H3,(H2,20,21). The highest BCUT2D eigenvalue weighted by Crippen LogP contribution is 2.38. The summed E-state index contributed by atoms with van der Waals surface area (Å²) >= 11 is 1.62. The Kier molecular flexibility index (Phi) is 6.00. The summed E-state index contributed by atoms with van der Waals surface area (Å²) in [4.78, 5) is 8.20. The Balaban J connectivity index is 1.64. The number of nitrogens with two attached hydrogens (primary N) is 1. The topological polar surface area (TPSA) is 69.8 Å². The molecule has 140 valence electrons. The van der Waals surface area contributed by atoms with Crippen molar-refractivity contribution < 1.29 is 14.2 Å². The zero-order chi connectivity index (χ0) is 18.5. The zero-order valence-electron chi connectivity index (χ0n) is 15.4. The Hall–Kier alpha value is -2.25. The van der Waals surface area contributed by atoms with Gasteiger partial charge in [-0.2, -0.15) is 0 Å². The third kappa shape index (κ3) is 4.11. The van der Waals surface area contributed by atoms with Gasteiger partial charge >= 0.3 is 0 Å². The number of anilines is 1. The van der Waals surface area contributed by atoms with Gasteiger partial charge in [0.05, 0.1) is 27.0 Å². The molecule has 1 aliphatic heterocycles. The predicted molar refractivity (Wildman–Crippen MR) is 106 cm³/mol. The number of nitrogens with zero attached hydrogens (tertiary/aromatic N) is 2. The average molecular weight is 375 g/mol. The maximum Gasteiger partial charge on any atom is 0.203 e. The fourth-order valence-corrected chi connectivity index (χ4v) is 4.01. The number of fused-ring (bicyclic) bond motifs is 1. The second-order valence-corrected chi connectivity index (χ2v) is 7.20. The van der Waals surface area contributed by atoms with Crippen LogP contribution in [0, 0.1) is 0 Å². The molecule has 6 nitrogen and oxygen atoms in total. The maximum absolute atomic E-state index is 5.81. The van der Waals surface area contributed by atoms with Crippen molar-refractivity contribution in [2.24, 2.45) is 0 Å². The fraction of sp³-hybridized carbons (Fsp3) is 0.421. The molecule has 0 saturated carbocycles. The summed E-state index contributed by atoms with van der Waals surface area (Å²) in [5.41, 5.74) is 8.00. The summed E-state index contributed by atoms with van der Waals surface area (Å²) in [6.07, 6.45) is 6.23. The number of methoxy groups -OCH3 is 3. The van der Waals surface area contributed by atoms with Crippen molar-refractivity contribution >= 4 is 22.5 Å². The van der Waals surface area contributed by atoms with E-state index in [9.17, 15) is 0 Å². The van der Waals surface area contributed by atoms with Gasteiger partial charge in [-0.1, -0.05) is 12.2 Å². The van der Waals surface area contributed by atoms with E-state index in [-0.39, 0.29) is 0 Å². The van der Waals surface area contributed by atoms with Crippen LogP contribution in [0.5, 0.6) is 17.2 Å². The van der Waals surface area contributed by atoms with E-state index in [2.05, 4.69) is 22.0 Å². The van der Waals surface area contributed by atoms with Crippen LogP contribution in [0.2, 0.25) is 0 Å². The number of thiazole rings is 1. The first-order chi connectivity index (χ1) is 12.6. The van der Waals surface area contributed by atoms with Crippen LogP contribution in [-0.2, 0) is 12.8 Å². The molecule has 0 amide bonds. The third-order valence-corrected chi connectivity index (χ3v) is 5.46. The molecule has 3 rings (SSSR count). The van der Waals surface area contributed by atoms with E-state index >= 15 is 0 Å². The summed E-state index contributed by atoms with van der Waals surface area (Å²) in [6, 6.07) is 3.90. The second-order valence-electron chi connectivity index (χ2n) is 6.08. The molecule has 0 unspecified atom stereocenters. The van der Waals surface area contributed by atoms with E-state index in [1.807, 2.05) is 12.1 Å². The van der Waals surface area contributed by atoms with Gasteiger partial charge in [0, 0.05) is 30.9 Å². The van der Waals surface area contributed by atoms with Crippen molar-refractivity contribution in [2.45, 2.75) is 12.8 Å². The van der Waals surface area contributed by atoms with Crippen molar-refractivity contribution in [2.75, 3.05) is 46.7 Å². The molecule has 0 radical (unpaired) electrons. The first-order valence-corrected chi connectivity index (χ1v) is 9.39. The molecule has 1 aromatic carbocycles. The highest BCUT2D eigenvalue weighted by Gasteiger charge is 2.17. The SMILES string of the molecule is COc1cc(C=CCN2CCc3nc(N)sc3CC2)cc(OC)c1OC. The Morgan fingerprint density at radius 1 is 1.12 bits per heavy atom. The van der Waals surface area contributed by atoms with Crippen LogP contribution in [0.15, 0.2) is 18.2 Å². The van der Waals surface area contributed by atoms with Crippen molar-refractivity contribution in [1.29, 1.82) is 0 Å². The molecule has 7 heteroatoms. The first-order valence-electron chi connectivity index (χ1n) is 8.57. The van der Waals surface area contributed by atoms with Crippen LogP contribution in [0.4, 0.5) is 5.13 Å². The third-order valence-electron chi connectivity index (χ3n) is 4.48. The lowest BCUT2D eigenvalue weighted by Gasteiger charge is -2.17. The molecule has 0 saturated heterocycles. The van der Waals surface area contributed by atoms with Crippen LogP contribution in [0.25, 0.3) is 6.08 Å². The highest BCUT2D eigenvalue weighted by molar-refractivity contribution is 7.15. The van der Waals surface area contributed by atoms with Gasteiger partial charge in [0.25, 0.3) is 0 Å². The van der Waals surface area contributed by atoms with E-state index in [4.69, 9.17) is 19.9 Å². The quantitative estimate of drug-likeness (QED) is 0.837. The number of hydrogen-bond donors (Lipinski definition) is 1. The molecule has 2 aromatic rings. The lowest BCUT2D eigenvalue weighted by Crippen LogP contribution is -2.26. The molecule has 0 aliphatic carbocycles. The van der Waals surface area contributed by atoms with E-state index in [1.54, 1.807) is 32.7 Å². The Morgan fingerprint density at radius 3 is 2.46 bits per heavy atom. The minimum absolute atomic E-state index is 0.609. The van der Waals surface area contributed by atoms with Gasteiger partial charge in [-0.05, 0) is 24.1 Å². The monoisotopic (exact) mass is 375 g/mol. The largest absolute Gasteiger partial charge is 0.493 e. The van der Waals surface area contributed by atoms with Crippen LogP contribution in [0.1, 0.15) is 16.1 Å². The summed E-state index contributed by atoms with van der Waals surface area (Å²) < 4.78 is 16.2. The Labute approximate surface area is 158 Å². The zero-order valence-corrected chi connectivity index (χ0v) is 16.3. The van der Waals surface area contributed by atoms with Gasteiger partial charge in [0.2, 0.25) is 5.75 Å². The van der Waals surface area contributed by atoms with E-state index in [0.29, 0.717) is 22.4 Å². The van der Waals surface area contributed by atoms with Crippen molar-refractivity contribution in [1.82, 2.24) is 9.88 Å². The van der Waals surface area contributed by atoms with Gasteiger partial charge in [0.1, 0.15) is 0 Å². The smallest absolute Gasteiger partial charge is 0.203 e. The van der Waals surface area contributed by atoms with E-state index in [0.717, 1.165) is 38.0 Å².